The number of ether oxygens (including phenoxy) is 2. The molecule has 2 rings (SSSR count). The van der Waals surface area contributed by atoms with E-state index < -0.39 is 5.97 Å². The molecule has 2 atom stereocenters. The maximum absolute atomic E-state index is 10.5. The van der Waals surface area contributed by atoms with Gasteiger partial charge in [-0.2, -0.15) is 11.8 Å². The molecule has 0 saturated carbocycles. The zero-order chi connectivity index (χ0) is 15.1. The second-order valence-electron chi connectivity index (χ2n) is 4.87. The lowest BCUT2D eigenvalue weighted by atomic mass is 10.2. The fraction of sp³-hybridized carbons (Fsp3) is 0.438. The lowest BCUT2D eigenvalue weighted by Gasteiger charge is -2.13. The normalized spacial score (nSPS) is 21.8. The zero-order valence-electron chi connectivity index (χ0n) is 12.0. The summed E-state index contributed by atoms with van der Waals surface area (Å²) in [5.41, 5.74) is 0.820. The molecule has 0 radical (unpaired) electrons. The predicted molar refractivity (Wildman–Crippen MR) is 84.9 cm³/mol. The fourth-order valence-electron chi connectivity index (χ4n) is 2.17. The van der Waals surface area contributed by atoms with Crippen molar-refractivity contribution in [2.24, 2.45) is 0 Å². The third-order valence-electron chi connectivity index (χ3n) is 3.27. The summed E-state index contributed by atoms with van der Waals surface area (Å²) in [5, 5.41) is 9.18. The van der Waals surface area contributed by atoms with Crippen LogP contribution in [-0.2, 0) is 9.53 Å². The van der Waals surface area contributed by atoms with Crippen LogP contribution in [0.2, 0.25) is 0 Å². The van der Waals surface area contributed by atoms with Crippen molar-refractivity contribution in [3.05, 3.63) is 35.9 Å². The summed E-state index contributed by atoms with van der Waals surface area (Å²) >= 11 is 1.89. The summed E-state index contributed by atoms with van der Waals surface area (Å²) in [6.45, 7) is 3.61. The van der Waals surface area contributed by atoms with Gasteiger partial charge in [-0.3, -0.25) is 0 Å². The van der Waals surface area contributed by atoms with Gasteiger partial charge in [0.25, 0.3) is 0 Å². The van der Waals surface area contributed by atoms with E-state index in [0.717, 1.165) is 36.2 Å². The van der Waals surface area contributed by atoms with Crippen LogP contribution in [0.4, 0.5) is 0 Å². The minimum Gasteiger partial charge on any atom is -0.493 e. The molecule has 0 aromatic heterocycles. The Morgan fingerprint density at radius 3 is 3.14 bits per heavy atom. The Kier molecular flexibility index (Phi) is 6.14. The van der Waals surface area contributed by atoms with Gasteiger partial charge in [0, 0.05) is 23.7 Å². The van der Waals surface area contributed by atoms with Crippen LogP contribution < -0.4 is 4.74 Å². The van der Waals surface area contributed by atoms with Crippen LogP contribution in [0.15, 0.2) is 30.3 Å². The van der Waals surface area contributed by atoms with Crippen molar-refractivity contribution in [3.63, 3.8) is 0 Å². The van der Waals surface area contributed by atoms with Crippen molar-refractivity contribution >= 4 is 23.8 Å². The molecule has 1 aromatic rings. The van der Waals surface area contributed by atoms with Crippen molar-refractivity contribution in [2.45, 2.75) is 24.7 Å². The Morgan fingerprint density at radius 2 is 2.43 bits per heavy atom. The van der Waals surface area contributed by atoms with Gasteiger partial charge in [-0.05, 0) is 37.1 Å². The molecule has 21 heavy (non-hydrogen) atoms. The summed E-state index contributed by atoms with van der Waals surface area (Å²) < 4.78 is 11.2. The second kappa shape index (κ2) is 8.10. The number of aliphatic carboxylic acids is 1. The Morgan fingerprint density at radius 1 is 1.57 bits per heavy atom. The van der Waals surface area contributed by atoms with Crippen molar-refractivity contribution in [2.75, 3.05) is 19.0 Å². The average molecular weight is 308 g/mol. The summed E-state index contributed by atoms with van der Waals surface area (Å²) in [4.78, 5) is 10.5. The number of hydrogen-bond donors (Lipinski definition) is 1. The number of carboxylic acid groups (broad SMARTS) is 1. The minimum absolute atomic E-state index is 0.333. The summed E-state index contributed by atoms with van der Waals surface area (Å²) in [6.07, 6.45) is 4.12. The monoisotopic (exact) mass is 308 g/mol. The highest BCUT2D eigenvalue weighted by Gasteiger charge is 2.23. The Bertz CT molecular complexity index is 501. The van der Waals surface area contributed by atoms with E-state index in [-0.39, 0.29) is 0 Å². The lowest BCUT2D eigenvalue weighted by Crippen LogP contribution is -2.15. The Balaban J connectivity index is 1.75. The molecule has 1 aromatic carbocycles. The van der Waals surface area contributed by atoms with Crippen LogP contribution in [0.25, 0.3) is 6.08 Å². The average Bonchev–Trinajstić information content (AvgIpc) is 2.87. The molecule has 114 valence electrons. The fourth-order valence-corrected chi connectivity index (χ4v) is 3.26. The standard InChI is InChI=1S/C16H20O4S/c1-12-15(7-8-19-12)21-10-9-20-14-4-2-3-13(11-14)5-6-16(17)18/h2-6,11-12,15H,7-10H2,1H3,(H,17,18)/b6-5+. The van der Waals surface area contributed by atoms with Crippen LogP contribution in [-0.4, -0.2) is 41.4 Å². The van der Waals surface area contributed by atoms with Crippen molar-refractivity contribution in [1.82, 2.24) is 0 Å². The van der Waals surface area contributed by atoms with E-state index in [1.165, 1.54) is 0 Å². The molecule has 1 aliphatic rings. The van der Waals surface area contributed by atoms with Crippen LogP contribution in [0, 0.1) is 0 Å². The largest absolute Gasteiger partial charge is 0.493 e. The highest BCUT2D eigenvalue weighted by Crippen LogP contribution is 2.26. The van der Waals surface area contributed by atoms with Gasteiger partial charge in [-0.1, -0.05) is 12.1 Å². The maximum Gasteiger partial charge on any atom is 0.328 e. The highest BCUT2D eigenvalue weighted by molar-refractivity contribution is 8.00. The smallest absolute Gasteiger partial charge is 0.328 e. The first-order valence-corrected chi connectivity index (χ1v) is 8.07. The Labute approximate surface area is 129 Å². The summed E-state index contributed by atoms with van der Waals surface area (Å²) in [6, 6.07) is 7.42. The minimum atomic E-state index is -0.953. The van der Waals surface area contributed by atoms with E-state index >= 15 is 0 Å². The van der Waals surface area contributed by atoms with E-state index in [0.29, 0.717) is 18.0 Å². The quantitative estimate of drug-likeness (QED) is 0.620. The number of benzene rings is 1. The number of carboxylic acids is 1. The molecule has 1 aliphatic heterocycles. The first kappa shape index (κ1) is 15.9. The van der Waals surface area contributed by atoms with E-state index in [4.69, 9.17) is 14.6 Å². The molecule has 0 aliphatic carbocycles. The Hall–Kier alpha value is -1.46. The van der Waals surface area contributed by atoms with Crippen LogP contribution in [0.1, 0.15) is 18.9 Å². The molecule has 2 unspecified atom stereocenters. The molecule has 1 saturated heterocycles. The van der Waals surface area contributed by atoms with Crippen molar-refractivity contribution < 1.29 is 19.4 Å². The van der Waals surface area contributed by atoms with Crippen LogP contribution in [0.5, 0.6) is 5.75 Å². The van der Waals surface area contributed by atoms with Gasteiger partial charge in [-0.15, -0.1) is 0 Å². The summed E-state index contributed by atoms with van der Waals surface area (Å²) in [5.74, 6) is 0.734. The molecule has 5 heteroatoms. The molecular weight excluding hydrogens is 288 g/mol. The molecule has 0 amide bonds. The molecular formula is C16H20O4S. The van der Waals surface area contributed by atoms with Crippen LogP contribution in [0.3, 0.4) is 0 Å². The van der Waals surface area contributed by atoms with E-state index in [2.05, 4.69) is 6.92 Å². The molecule has 1 N–H and O–H groups in total. The van der Waals surface area contributed by atoms with Crippen molar-refractivity contribution in [3.8, 4) is 5.75 Å². The number of rotatable bonds is 7. The highest BCUT2D eigenvalue weighted by atomic mass is 32.2. The first-order valence-electron chi connectivity index (χ1n) is 7.02. The number of thioether (sulfide) groups is 1. The third kappa shape index (κ3) is 5.44. The molecule has 1 heterocycles. The summed E-state index contributed by atoms with van der Waals surface area (Å²) in [7, 11) is 0. The zero-order valence-corrected chi connectivity index (χ0v) is 12.8. The maximum atomic E-state index is 10.5. The van der Waals surface area contributed by atoms with Gasteiger partial charge >= 0.3 is 5.97 Å². The predicted octanol–water partition coefficient (Wildman–Crippen LogP) is 3.07. The first-order chi connectivity index (χ1) is 10.1. The SMILES string of the molecule is CC1OCCC1SCCOc1cccc(/C=C/C(=O)O)c1. The second-order valence-corrected chi connectivity index (χ2v) is 6.21. The topological polar surface area (TPSA) is 55.8 Å². The molecule has 0 spiro atoms. The molecule has 0 bridgehead atoms. The van der Waals surface area contributed by atoms with Gasteiger partial charge in [0.2, 0.25) is 0 Å². The number of hydrogen-bond acceptors (Lipinski definition) is 4. The van der Waals surface area contributed by atoms with E-state index in [1.807, 2.05) is 36.0 Å². The van der Waals surface area contributed by atoms with E-state index in [9.17, 15) is 4.79 Å². The van der Waals surface area contributed by atoms with Gasteiger partial charge in [0.1, 0.15) is 5.75 Å². The number of carbonyl (C=O) groups is 1. The van der Waals surface area contributed by atoms with Gasteiger partial charge in [-0.25, -0.2) is 4.79 Å². The van der Waals surface area contributed by atoms with Crippen molar-refractivity contribution in [1.29, 1.82) is 0 Å². The third-order valence-corrected chi connectivity index (χ3v) is 4.72. The molecule has 1 fully saturated rings. The van der Waals surface area contributed by atoms with Gasteiger partial charge < -0.3 is 14.6 Å². The van der Waals surface area contributed by atoms with E-state index in [1.54, 1.807) is 6.08 Å². The van der Waals surface area contributed by atoms with Crippen LogP contribution >= 0.6 is 11.8 Å². The van der Waals surface area contributed by atoms with Gasteiger partial charge in [0.05, 0.1) is 12.7 Å². The molecule has 4 nitrogen and oxygen atoms in total. The lowest BCUT2D eigenvalue weighted by molar-refractivity contribution is -0.131. The van der Waals surface area contributed by atoms with Gasteiger partial charge in [0.15, 0.2) is 0 Å².